The van der Waals surface area contributed by atoms with E-state index >= 15 is 0 Å². The minimum Gasteiger partial charge on any atom is -0.493 e. The van der Waals surface area contributed by atoms with Gasteiger partial charge in [-0.05, 0) is 32.4 Å². The number of nitrogens with two attached hydrogens (primary N) is 1. The van der Waals surface area contributed by atoms with Crippen LogP contribution in [-0.2, 0) is 0 Å². The molecule has 0 aliphatic rings. The fraction of sp³-hybridized carbons (Fsp3) is 0.462. The van der Waals surface area contributed by atoms with Crippen LogP contribution in [0.5, 0.6) is 11.5 Å². The third kappa shape index (κ3) is 3.87. The van der Waals surface area contributed by atoms with Crippen LogP contribution in [0.15, 0.2) is 18.2 Å². The summed E-state index contributed by atoms with van der Waals surface area (Å²) in [4.78, 5) is 0. The van der Waals surface area contributed by atoms with Crippen molar-refractivity contribution in [1.82, 2.24) is 0 Å². The van der Waals surface area contributed by atoms with Crippen LogP contribution in [0.4, 0.5) is 5.69 Å². The predicted molar refractivity (Wildman–Crippen MR) is 66.9 cm³/mol. The highest BCUT2D eigenvalue weighted by atomic mass is 16.5. The van der Waals surface area contributed by atoms with Crippen LogP contribution in [0, 0.1) is 16.7 Å². The van der Waals surface area contributed by atoms with E-state index in [1.54, 1.807) is 25.3 Å². The van der Waals surface area contributed by atoms with Gasteiger partial charge in [-0.15, -0.1) is 0 Å². The Morgan fingerprint density at radius 1 is 1.35 bits per heavy atom. The number of ether oxygens (including phenoxy) is 2. The van der Waals surface area contributed by atoms with Gasteiger partial charge in [0.1, 0.15) is 0 Å². The van der Waals surface area contributed by atoms with Gasteiger partial charge in [0.25, 0.3) is 0 Å². The molecule has 0 spiro atoms. The number of nitriles is 1. The molecular formula is C13H18N2O2. The molecular weight excluding hydrogens is 216 g/mol. The molecule has 1 rings (SSSR count). The summed E-state index contributed by atoms with van der Waals surface area (Å²) >= 11 is 0. The lowest BCUT2D eigenvalue weighted by Crippen LogP contribution is -2.13. The highest BCUT2D eigenvalue weighted by Gasteiger charge is 2.16. The monoisotopic (exact) mass is 234 g/mol. The molecule has 0 aromatic heterocycles. The molecule has 0 bridgehead atoms. The Morgan fingerprint density at radius 3 is 2.65 bits per heavy atom. The second kappa shape index (κ2) is 5.44. The zero-order valence-corrected chi connectivity index (χ0v) is 10.5. The van der Waals surface area contributed by atoms with Crippen molar-refractivity contribution in [3.63, 3.8) is 0 Å². The summed E-state index contributed by atoms with van der Waals surface area (Å²) in [6.07, 6.45) is 0.664. The average molecular weight is 234 g/mol. The Hall–Kier alpha value is -1.89. The predicted octanol–water partition coefficient (Wildman–Crippen LogP) is 2.60. The molecule has 0 amide bonds. The highest BCUT2D eigenvalue weighted by Crippen LogP contribution is 2.29. The SMILES string of the molecule is COc1cc(N)ccc1OCCC(C)(C)C#N. The quantitative estimate of drug-likeness (QED) is 0.795. The average Bonchev–Trinajstić information content (AvgIpc) is 2.30. The summed E-state index contributed by atoms with van der Waals surface area (Å²) in [7, 11) is 1.57. The lowest BCUT2D eigenvalue weighted by molar-refractivity contribution is 0.252. The van der Waals surface area contributed by atoms with Crippen molar-refractivity contribution in [2.45, 2.75) is 20.3 Å². The van der Waals surface area contributed by atoms with Crippen LogP contribution in [-0.4, -0.2) is 13.7 Å². The fourth-order valence-corrected chi connectivity index (χ4v) is 1.28. The van der Waals surface area contributed by atoms with Gasteiger partial charge >= 0.3 is 0 Å². The van der Waals surface area contributed by atoms with E-state index in [0.29, 0.717) is 30.2 Å². The zero-order valence-electron chi connectivity index (χ0n) is 10.5. The first-order valence-electron chi connectivity index (χ1n) is 5.46. The van der Waals surface area contributed by atoms with Gasteiger partial charge in [-0.2, -0.15) is 5.26 Å². The number of rotatable bonds is 5. The number of nitrogen functional groups attached to an aromatic ring is 1. The first-order chi connectivity index (χ1) is 7.98. The van der Waals surface area contributed by atoms with E-state index in [1.165, 1.54) is 0 Å². The van der Waals surface area contributed by atoms with Crippen molar-refractivity contribution in [3.8, 4) is 17.6 Å². The van der Waals surface area contributed by atoms with Gasteiger partial charge in [-0.1, -0.05) is 0 Å². The molecule has 1 aromatic rings. The van der Waals surface area contributed by atoms with Crippen LogP contribution < -0.4 is 15.2 Å². The summed E-state index contributed by atoms with van der Waals surface area (Å²) < 4.78 is 10.8. The van der Waals surface area contributed by atoms with Gasteiger partial charge < -0.3 is 15.2 Å². The number of anilines is 1. The van der Waals surface area contributed by atoms with Crippen molar-refractivity contribution in [2.75, 3.05) is 19.5 Å². The van der Waals surface area contributed by atoms with E-state index in [-0.39, 0.29) is 5.41 Å². The Labute approximate surface area is 102 Å². The lowest BCUT2D eigenvalue weighted by atomic mass is 9.92. The molecule has 92 valence electrons. The maximum absolute atomic E-state index is 8.88. The van der Waals surface area contributed by atoms with E-state index in [2.05, 4.69) is 6.07 Å². The second-order valence-corrected chi connectivity index (χ2v) is 4.50. The molecule has 0 saturated heterocycles. The normalized spacial score (nSPS) is 10.7. The number of benzene rings is 1. The molecule has 1 aromatic carbocycles. The Morgan fingerprint density at radius 2 is 2.06 bits per heavy atom. The van der Waals surface area contributed by atoms with Gasteiger partial charge in [0.2, 0.25) is 0 Å². The van der Waals surface area contributed by atoms with Crippen molar-refractivity contribution in [2.24, 2.45) is 5.41 Å². The van der Waals surface area contributed by atoms with E-state index in [0.717, 1.165) is 0 Å². The Kier molecular flexibility index (Phi) is 4.22. The highest BCUT2D eigenvalue weighted by molar-refractivity contribution is 5.51. The second-order valence-electron chi connectivity index (χ2n) is 4.50. The van der Waals surface area contributed by atoms with Gasteiger partial charge in [0.15, 0.2) is 11.5 Å². The molecule has 4 nitrogen and oxygen atoms in total. The van der Waals surface area contributed by atoms with E-state index in [1.807, 2.05) is 13.8 Å². The van der Waals surface area contributed by atoms with Crippen molar-refractivity contribution >= 4 is 5.69 Å². The summed E-state index contributed by atoms with van der Waals surface area (Å²) in [5.41, 5.74) is 5.90. The van der Waals surface area contributed by atoms with Crippen LogP contribution in [0.2, 0.25) is 0 Å². The summed E-state index contributed by atoms with van der Waals surface area (Å²) in [6, 6.07) is 7.48. The number of methoxy groups -OCH3 is 1. The molecule has 0 atom stereocenters. The topological polar surface area (TPSA) is 68.3 Å². The smallest absolute Gasteiger partial charge is 0.162 e. The molecule has 0 aliphatic carbocycles. The molecule has 17 heavy (non-hydrogen) atoms. The van der Waals surface area contributed by atoms with Gasteiger partial charge in [0, 0.05) is 11.8 Å². The maximum atomic E-state index is 8.88. The summed E-state index contributed by atoms with van der Waals surface area (Å²) in [6.45, 7) is 4.24. The fourth-order valence-electron chi connectivity index (χ4n) is 1.28. The van der Waals surface area contributed by atoms with Gasteiger partial charge in [-0.3, -0.25) is 0 Å². The van der Waals surface area contributed by atoms with Crippen LogP contribution >= 0.6 is 0 Å². The number of hydrogen-bond acceptors (Lipinski definition) is 4. The van der Waals surface area contributed by atoms with Crippen LogP contribution in [0.3, 0.4) is 0 Å². The van der Waals surface area contributed by atoms with E-state index < -0.39 is 0 Å². The van der Waals surface area contributed by atoms with Crippen LogP contribution in [0.25, 0.3) is 0 Å². The molecule has 0 fully saturated rings. The van der Waals surface area contributed by atoms with E-state index in [4.69, 9.17) is 20.5 Å². The molecule has 0 aliphatic heterocycles. The van der Waals surface area contributed by atoms with E-state index in [9.17, 15) is 0 Å². The third-order valence-electron chi connectivity index (χ3n) is 2.47. The van der Waals surface area contributed by atoms with Crippen LogP contribution in [0.1, 0.15) is 20.3 Å². The van der Waals surface area contributed by atoms with Crippen molar-refractivity contribution in [3.05, 3.63) is 18.2 Å². The van der Waals surface area contributed by atoms with Gasteiger partial charge in [-0.25, -0.2) is 0 Å². The molecule has 4 heteroatoms. The largest absolute Gasteiger partial charge is 0.493 e. The first kappa shape index (κ1) is 13.2. The van der Waals surface area contributed by atoms with Crippen molar-refractivity contribution in [1.29, 1.82) is 5.26 Å². The summed E-state index contributed by atoms with van der Waals surface area (Å²) in [5.74, 6) is 1.26. The first-order valence-corrected chi connectivity index (χ1v) is 5.46. The number of hydrogen-bond donors (Lipinski definition) is 1. The minimum absolute atomic E-state index is 0.374. The molecule has 0 radical (unpaired) electrons. The van der Waals surface area contributed by atoms with Gasteiger partial charge in [0.05, 0.1) is 25.2 Å². The number of nitrogens with zero attached hydrogens (tertiary/aromatic N) is 1. The lowest BCUT2D eigenvalue weighted by Gasteiger charge is -2.16. The Balaban J connectivity index is 2.61. The third-order valence-corrected chi connectivity index (χ3v) is 2.47. The molecule has 0 heterocycles. The summed E-state index contributed by atoms with van der Waals surface area (Å²) in [5, 5.41) is 8.88. The standard InChI is InChI=1S/C13H18N2O2/c1-13(2,9-14)6-7-17-11-5-4-10(15)8-12(11)16-3/h4-5,8H,6-7,15H2,1-3H3. The molecule has 2 N–H and O–H groups in total. The molecule has 0 saturated carbocycles. The van der Waals surface area contributed by atoms with Crippen molar-refractivity contribution < 1.29 is 9.47 Å². The molecule has 0 unspecified atom stereocenters. The zero-order chi connectivity index (χ0) is 12.9. The maximum Gasteiger partial charge on any atom is 0.162 e. The minimum atomic E-state index is -0.374. The Bertz CT molecular complexity index is 422.